The molecule has 0 aliphatic carbocycles. The molecule has 16 heavy (non-hydrogen) atoms. The Morgan fingerprint density at radius 1 is 1.25 bits per heavy atom. The van der Waals surface area contributed by atoms with E-state index in [1.165, 1.54) is 6.21 Å². The fourth-order valence-electron chi connectivity index (χ4n) is 1.41. The van der Waals surface area contributed by atoms with Crippen LogP contribution in [0.2, 0.25) is 0 Å². The third kappa shape index (κ3) is 2.02. The smallest absolute Gasteiger partial charge is 0.216 e. The average Bonchev–Trinajstić information content (AvgIpc) is 2.26. The van der Waals surface area contributed by atoms with Crippen LogP contribution in [0.15, 0.2) is 40.3 Å². The van der Waals surface area contributed by atoms with Gasteiger partial charge in [-0.1, -0.05) is 18.2 Å². The van der Waals surface area contributed by atoms with Gasteiger partial charge in [0.2, 0.25) is 5.96 Å². The lowest BCUT2D eigenvalue weighted by Gasteiger charge is -2.32. The summed E-state index contributed by atoms with van der Waals surface area (Å²) in [5.41, 5.74) is 17.1. The Kier molecular flexibility index (Phi) is 2.59. The number of nitrogens with one attached hydrogen (secondary N) is 1. The summed E-state index contributed by atoms with van der Waals surface area (Å²) in [6.07, 6.45) is 0.817. The van der Waals surface area contributed by atoms with Crippen molar-refractivity contribution in [2.75, 3.05) is 5.32 Å². The van der Waals surface area contributed by atoms with Crippen molar-refractivity contribution < 1.29 is 0 Å². The van der Waals surface area contributed by atoms with Crippen molar-refractivity contribution in [2.45, 2.75) is 11.8 Å². The maximum atomic E-state index is 6.05. The predicted octanol–water partition coefficient (Wildman–Crippen LogP) is -0.563. The first-order valence-electron chi connectivity index (χ1n) is 4.86. The molecule has 0 aromatic heterocycles. The Morgan fingerprint density at radius 2 is 1.94 bits per heavy atom. The second-order valence-electron chi connectivity index (χ2n) is 3.61. The molecule has 0 saturated heterocycles. The van der Waals surface area contributed by atoms with Crippen molar-refractivity contribution in [1.82, 2.24) is 0 Å². The summed E-state index contributed by atoms with van der Waals surface area (Å²) < 4.78 is 0. The van der Waals surface area contributed by atoms with E-state index in [1.54, 1.807) is 0 Å². The number of guanidine groups is 1. The fourth-order valence-corrected chi connectivity index (χ4v) is 1.41. The third-order valence-electron chi connectivity index (χ3n) is 2.31. The Balaban J connectivity index is 2.19. The first-order valence-corrected chi connectivity index (χ1v) is 4.86. The Labute approximate surface area is 93.2 Å². The van der Waals surface area contributed by atoms with Gasteiger partial charge in [-0.2, -0.15) is 0 Å². The maximum Gasteiger partial charge on any atom is 0.216 e. The number of nitrogens with two attached hydrogens (primary N) is 3. The molecule has 0 spiro atoms. The Hall–Kier alpha value is -1.92. The van der Waals surface area contributed by atoms with Crippen molar-refractivity contribution >= 4 is 17.9 Å². The van der Waals surface area contributed by atoms with Crippen LogP contribution in [0.5, 0.6) is 0 Å². The fraction of sp³-hybridized carbons (Fsp3) is 0.200. The van der Waals surface area contributed by atoms with Gasteiger partial charge in [-0.25, -0.2) is 9.98 Å². The molecular weight excluding hydrogens is 204 g/mol. The van der Waals surface area contributed by atoms with E-state index < -0.39 is 11.8 Å². The van der Waals surface area contributed by atoms with Crippen molar-refractivity contribution in [3.05, 3.63) is 30.3 Å². The lowest BCUT2D eigenvalue weighted by Crippen LogP contribution is -2.63. The highest BCUT2D eigenvalue weighted by Gasteiger charge is 2.33. The Bertz CT molecular complexity index is 426. The van der Waals surface area contributed by atoms with Gasteiger partial charge in [-0.15, -0.1) is 0 Å². The highest BCUT2D eigenvalue weighted by atomic mass is 15.3. The van der Waals surface area contributed by atoms with Crippen molar-refractivity contribution in [3.8, 4) is 0 Å². The highest BCUT2D eigenvalue weighted by Crippen LogP contribution is 2.14. The molecule has 2 rings (SSSR count). The average molecular weight is 218 g/mol. The zero-order valence-corrected chi connectivity index (χ0v) is 8.67. The van der Waals surface area contributed by atoms with Crippen LogP contribution < -0.4 is 22.5 Å². The molecule has 1 heterocycles. The molecule has 2 unspecified atom stereocenters. The number of anilines is 1. The predicted molar refractivity (Wildman–Crippen MR) is 65.1 cm³/mol. The number of para-hydroxylation sites is 1. The van der Waals surface area contributed by atoms with Crippen LogP contribution in [0.25, 0.3) is 0 Å². The first kappa shape index (κ1) is 10.6. The molecule has 1 aliphatic heterocycles. The largest absolute Gasteiger partial charge is 0.368 e. The van der Waals surface area contributed by atoms with Crippen LogP contribution in [0.1, 0.15) is 0 Å². The topological polar surface area (TPSA) is 115 Å². The number of rotatable bonds is 2. The maximum absolute atomic E-state index is 6.05. The van der Waals surface area contributed by atoms with Gasteiger partial charge in [0, 0.05) is 5.69 Å². The SMILES string of the molecule is NC1=NC(N)C(N)(Nc2ccccc2)C=N1. The molecular formula is C10H14N6. The van der Waals surface area contributed by atoms with E-state index in [0.717, 1.165) is 5.69 Å². The minimum atomic E-state index is -1.01. The molecule has 0 saturated carbocycles. The van der Waals surface area contributed by atoms with Crippen LogP contribution in [0, 0.1) is 0 Å². The molecule has 6 nitrogen and oxygen atoms in total. The van der Waals surface area contributed by atoms with Gasteiger partial charge in [0.1, 0.15) is 6.17 Å². The van der Waals surface area contributed by atoms with Gasteiger partial charge in [0.05, 0.1) is 6.21 Å². The van der Waals surface area contributed by atoms with E-state index in [-0.39, 0.29) is 5.96 Å². The molecule has 6 heteroatoms. The highest BCUT2D eigenvalue weighted by molar-refractivity contribution is 5.93. The normalized spacial score (nSPS) is 28.6. The van der Waals surface area contributed by atoms with Crippen molar-refractivity contribution in [1.29, 1.82) is 0 Å². The zero-order valence-electron chi connectivity index (χ0n) is 8.67. The lowest BCUT2D eigenvalue weighted by molar-refractivity contribution is 0.514. The first-order chi connectivity index (χ1) is 7.60. The van der Waals surface area contributed by atoms with E-state index in [9.17, 15) is 0 Å². The monoisotopic (exact) mass is 218 g/mol. The van der Waals surface area contributed by atoms with Crippen LogP contribution in [0.3, 0.4) is 0 Å². The molecule has 1 aromatic carbocycles. The summed E-state index contributed by atoms with van der Waals surface area (Å²) in [4.78, 5) is 7.78. The van der Waals surface area contributed by atoms with E-state index in [2.05, 4.69) is 15.3 Å². The molecule has 0 fully saturated rings. The Morgan fingerprint density at radius 3 is 2.56 bits per heavy atom. The summed E-state index contributed by atoms with van der Waals surface area (Å²) in [5, 5.41) is 3.07. The van der Waals surface area contributed by atoms with Crippen LogP contribution >= 0.6 is 0 Å². The molecule has 84 valence electrons. The number of hydrogen-bond donors (Lipinski definition) is 4. The van der Waals surface area contributed by atoms with Crippen molar-refractivity contribution in [2.24, 2.45) is 27.2 Å². The van der Waals surface area contributed by atoms with Gasteiger partial charge in [-0.3, -0.25) is 0 Å². The molecule has 1 aromatic rings. The molecule has 2 atom stereocenters. The van der Waals surface area contributed by atoms with Crippen molar-refractivity contribution in [3.63, 3.8) is 0 Å². The zero-order chi connectivity index (χ0) is 11.6. The van der Waals surface area contributed by atoms with Gasteiger partial charge >= 0.3 is 0 Å². The quantitative estimate of drug-likeness (QED) is 0.498. The standard InChI is InChI=1S/C10H14N6/c11-8-10(13,6-14-9(12)15-8)16-7-4-2-1-3-5-7/h1-6,8,16H,11,13H2,(H2,12,15). The molecule has 1 aliphatic rings. The molecule has 0 bridgehead atoms. The summed E-state index contributed by atoms with van der Waals surface area (Å²) in [6, 6.07) is 9.48. The number of benzene rings is 1. The van der Waals surface area contributed by atoms with Crippen LogP contribution in [-0.2, 0) is 0 Å². The van der Waals surface area contributed by atoms with E-state index in [4.69, 9.17) is 17.2 Å². The summed E-state index contributed by atoms with van der Waals surface area (Å²) >= 11 is 0. The summed E-state index contributed by atoms with van der Waals surface area (Å²) in [6.45, 7) is 0. The lowest BCUT2D eigenvalue weighted by atomic mass is 10.1. The van der Waals surface area contributed by atoms with Gasteiger partial charge < -0.3 is 22.5 Å². The summed E-state index contributed by atoms with van der Waals surface area (Å²) in [7, 11) is 0. The molecule has 7 N–H and O–H groups in total. The third-order valence-corrected chi connectivity index (χ3v) is 2.31. The number of aliphatic imine (C=N–C) groups is 2. The van der Waals surface area contributed by atoms with E-state index in [0.29, 0.717) is 0 Å². The number of nitrogens with zero attached hydrogens (tertiary/aromatic N) is 2. The van der Waals surface area contributed by atoms with Gasteiger partial charge in [0.15, 0.2) is 5.66 Å². The van der Waals surface area contributed by atoms with Gasteiger partial charge in [-0.05, 0) is 12.1 Å². The number of hydrogen-bond acceptors (Lipinski definition) is 6. The minimum absolute atomic E-state index is 0.142. The molecule has 0 amide bonds. The minimum Gasteiger partial charge on any atom is -0.368 e. The second-order valence-corrected chi connectivity index (χ2v) is 3.61. The van der Waals surface area contributed by atoms with Gasteiger partial charge in [0.25, 0.3) is 0 Å². The summed E-state index contributed by atoms with van der Waals surface area (Å²) in [5.74, 6) is 0.142. The van der Waals surface area contributed by atoms with E-state index in [1.807, 2.05) is 30.3 Å². The van der Waals surface area contributed by atoms with Crippen LogP contribution in [0.4, 0.5) is 5.69 Å². The van der Waals surface area contributed by atoms with E-state index >= 15 is 0 Å². The van der Waals surface area contributed by atoms with Crippen LogP contribution in [-0.4, -0.2) is 24.0 Å². The second kappa shape index (κ2) is 3.92. The molecule has 0 radical (unpaired) electrons.